The summed E-state index contributed by atoms with van der Waals surface area (Å²) in [4.78, 5) is 0. The largest absolute Gasteiger partial charge is 0.192 e. The number of nitrogens with zero attached hydrogens (tertiary/aromatic N) is 2. The third-order valence-corrected chi connectivity index (χ3v) is 3.33. The molecule has 0 saturated heterocycles. The molecule has 0 aliphatic carbocycles. The van der Waals surface area contributed by atoms with Crippen LogP contribution in [-0.2, 0) is 0 Å². The average molecular weight is 297 g/mol. The summed E-state index contributed by atoms with van der Waals surface area (Å²) in [6, 6.07) is 17.7. The lowest BCUT2D eigenvalue weighted by Gasteiger charge is -2.08. The zero-order chi connectivity index (χ0) is 13.0. The predicted octanol–water partition coefficient (Wildman–Crippen LogP) is 4.04. The Hall–Kier alpha value is -2.10. The molecule has 0 atom stereocenters. The first-order valence-electron chi connectivity index (χ1n) is 5.39. The van der Waals surface area contributed by atoms with Crippen LogP contribution in [-0.4, -0.2) is 5.33 Å². The Labute approximate surface area is 114 Å². The van der Waals surface area contributed by atoms with Crippen LogP contribution in [0.15, 0.2) is 48.0 Å². The van der Waals surface area contributed by atoms with Crippen molar-refractivity contribution >= 4 is 32.3 Å². The van der Waals surface area contributed by atoms with E-state index in [4.69, 9.17) is 10.5 Å². The van der Waals surface area contributed by atoms with Crippen LogP contribution in [0.2, 0.25) is 0 Å². The maximum atomic E-state index is 9.01. The van der Waals surface area contributed by atoms with Gasteiger partial charge in [0.1, 0.15) is 17.7 Å². The molecule has 86 valence electrons. The van der Waals surface area contributed by atoms with Gasteiger partial charge in [0.25, 0.3) is 0 Å². The topological polar surface area (TPSA) is 47.6 Å². The van der Waals surface area contributed by atoms with Gasteiger partial charge in [0.05, 0.1) is 0 Å². The lowest BCUT2D eigenvalue weighted by atomic mass is 9.96. The van der Waals surface area contributed by atoms with Crippen LogP contribution in [0.25, 0.3) is 16.3 Å². The highest BCUT2D eigenvalue weighted by Crippen LogP contribution is 2.28. The van der Waals surface area contributed by atoms with Crippen molar-refractivity contribution in [1.82, 2.24) is 0 Å². The van der Waals surface area contributed by atoms with E-state index in [-0.39, 0.29) is 5.57 Å². The SMILES string of the molecule is N#CC(C#N)=C(CBr)c1cccc2ccccc12. The van der Waals surface area contributed by atoms with Crippen molar-refractivity contribution in [3.8, 4) is 12.1 Å². The first kappa shape index (κ1) is 12.4. The summed E-state index contributed by atoms with van der Waals surface area (Å²) in [5, 5.41) is 20.7. The molecular weight excluding hydrogens is 288 g/mol. The number of halogens is 1. The minimum atomic E-state index is 0.156. The van der Waals surface area contributed by atoms with Gasteiger partial charge in [-0.1, -0.05) is 58.4 Å². The summed E-state index contributed by atoms with van der Waals surface area (Å²) in [5.41, 5.74) is 1.82. The number of hydrogen-bond donors (Lipinski definition) is 0. The number of benzene rings is 2. The van der Waals surface area contributed by atoms with E-state index in [1.165, 1.54) is 0 Å². The Morgan fingerprint density at radius 2 is 1.67 bits per heavy atom. The molecule has 0 amide bonds. The number of rotatable bonds is 2. The molecule has 0 aliphatic rings. The fraction of sp³-hybridized carbons (Fsp3) is 0.0667. The molecule has 0 aliphatic heterocycles. The molecule has 0 saturated carbocycles. The Balaban J connectivity index is 2.80. The molecule has 0 fully saturated rings. The zero-order valence-corrected chi connectivity index (χ0v) is 11.1. The van der Waals surface area contributed by atoms with Crippen LogP contribution in [0.5, 0.6) is 0 Å². The van der Waals surface area contributed by atoms with E-state index in [0.29, 0.717) is 5.33 Å². The molecule has 2 rings (SSSR count). The molecule has 0 radical (unpaired) electrons. The molecule has 0 heterocycles. The van der Waals surface area contributed by atoms with Gasteiger partial charge in [0.2, 0.25) is 0 Å². The van der Waals surface area contributed by atoms with E-state index in [0.717, 1.165) is 21.9 Å². The van der Waals surface area contributed by atoms with Crippen molar-refractivity contribution in [2.45, 2.75) is 0 Å². The molecule has 0 N–H and O–H groups in total. The van der Waals surface area contributed by atoms with Gasteiger partial charge in [-0.25, -0.2) is 0 Å². The fourth-order valence-electron chi connectivity index (χ4n) is 1.92. The number of nitriles is 2. The molecule has 0 spiro atoms. The minimum Gasteiger partial charge on any atom is -0.192 e. The average Bonchev–Trinajstić information content (AvgIpc) is 2.44. The molecule has 2 aromatic carbocycles. The van der Waals surface area contributed by atoms with Gasteiger partial charge in [0.15, 0.2) is 0 Å². The van der Waals surface area contributed by atoms with Crippen LogP contribution in [0, 0.1) is 22.7 Å². The summed E-state index contributed by atoms with van der Waals surface area (Å²) < 4.78 is 0. The third-order valence-electron chi connectivity index (χ3n) is 2.77. The van der Waals surface area contributed by atoms with Gasteiger partial charge in [-0.15, -0.1) is 0 Å². The molecule has 2 nitrogen and oxygen atoms in total. The van der Waals surface area contributed by atoms with E-state index in [9.17, 15) is 0 Å². The van der Waals surface area contributed by atoms with Gasteiger partial charge in [-0.3, -0.25) is 0 Å². The van der Waals surface area contributed by atoms with Crippen LogP contribution in [0.4, 0.5) is 0 Å². The van der Waals surface area contributed by atoms with Crippen molar-refractivity contribution in [2.75, 3.05) is 5.33 Å². The highest BCUT2D eigenvalue weighted by Gasteiger charge is 2.10. The van der Waals surface area contributed by atoms with Gasteiger partial charge in [0, 0.05) is 5.33 Å². The second kappa shape index (κ2) is 5.49. The number of alkyl halides is 1. The maximum Gasteiger partial charge on any atom is 0.134 e. The summed E-state index contributed by atoms with van der Waals surface area (Å²) >= 11 is 3.36. The second-order valence-corrected chi connectivity index (χ2v) is 4.30. The molecule has 3 heteroatoms. The minimum absolute atomic E-state index is 0.156. The van der Waals surface area contributed by atoms with Gasteiger partial charge in [-0.05, 0) is 21.9 Å². The summed E-state index contributed by atoms with van der Waals surface area (Å²) in [7, 11) is 0. The van der Waals surface area contributed by atoms with Gasteiger partial charge in [-0.2, -0.15) is 10.5 Å². The predicted molar refractivity (Wildman–Crippen MR) is 75.9 cm³/mol. The van der Waals surface area contributed by atoms with Gasteiger partial charge < -0.3 is 0 Å². The van der Waals surface area contributed by atoms with E-state index in [1.807, 2.05) is 54.6 Å². The quantitative estimate of drug-likeness (QED) is 0.620. The Morgan fingerprint density at radius 3 is 2.33 bits per heavy atom. The lowest BCUT2D eigenvalue weighted by molar-refractivity contribution is 1.45. The molecule has 2 aromatic rings. The smallest absolute Gasteiger partial charge is 0.134 e. The highest BCUT2D eigenvalue weighted by atomic mass is 79.9. The maximum absolute atomic E-state index is 9.01. The molecule has 18 heavy (non-hydrogen) atoms. The third kappa shape index (κ3) is 2.14. The second-order valence-electron chi connectivity index (χ2n) is 3.74. The van der Waals surface area contributed by atoms with Gasteiger partial charge >= 0.3 is 0 Å². The van der Waals surface area contributed by atoms with Crippen molar-refractivity contribution in [2.24, 2.45) is 0 Å². The van der Waals surface area contributed by atoms with Crippen molar-refractivity contribution in [1.29, 1.82) is 10.5 Å². The number of fused-ring (bicyclic) bond motifs is 1. The summed E-state index contributed by atoms with van der Waals surface area (Å²) in [6.07, 6.45) is 0. The number of hydrogen-bond acceptors (Lipinski definition) is 2. The van der Waals surface area contributed by atoms with E-state index < -0.39 is 0 Å². The molecule has 0 aromatic heterocycles. The van der Waals surface area contributed by atoms with Crippen LogP contribution < -0.4 is 0 Å². The molecular formula is C15H9BrN2. The van der Waals surface area contributed by atoms with Crippen LogP contribution >= 0.6 is 15.9 Å². The fourth-order valence-corrected chi connectivity index (χ4v) is 2.50. The van der Waals surface area contributed by atoms with E-state index in [2.05, 4.69) is 15.9 Å². The van der Waals surface area contributed by atoms with E-state index >= 15 is 0 Å². The standard InChI is InChI=1S/C15H9BrN2/c16-8-15(12(9-17)10-18)14-7-3-5-11-4-1-2-6-13(11)14/h1-7H,8H2. The zero-order valence-electron chi connectivity index (χ0n) is 9.52. The summed E-state index contributed by atoms with van der Waals surface area (Å²) in [5.74, 6) is 0. The normalized spacial score (nSPS) is 9.50. The number of allylic oxidation sites excluding steroid dienone is 2. The van der Waals surface area contributed by atoms with Crippen LogP contribution in [0.3, 0.4) is 0 Å². The first-order valence-corrected chi connectivity index (χ1v) is 6.51. The Bertz CT molecular complexity index is 681. The van der Waals surface area contributed by atoms with Crippen molar-refractivity contribution < 1.29 is 0 Å². The Morgan fingerprint density at radius 1 is 1.00 bits per heavy atom. The Kier molecular flexibility index (Phi) is 3.77. The highest BCUT2D eigenvalue weighted by molar-refractivity contribution is 9.09. The van der Waals surface area contributed by atoms with Crippen LogP contribution in [0.1, 0.15) is 5.56 Å². The first-order chi connectivity index (χ1) is 8.81. The molecule has 0 bridgehead atoms. The molecule has 0 unspecified atom stereocenters. The monoisotopic (exact) mass is 296 g/mol. The van der Waals surface area contributed by atoms with Crippen molar-refractivity contribution in [3.63, 3.8) is 0 Å². The summed E-state index contributed by atoms with van der Waals surface area (Å²) in [6.45, 7) is 0. The van der Waals surface area contributed by atoms with E-state index in [1.54, 1.807) is 0 Å². The van der Waals surface area contributed by atoms with Crippen molar-refractivity contribution in [3.05, 3.63) is 53.6 Å². The lowest BCUT2D eigenvalue weighted by Crippen LogP contribution is -1.92.